The van der Waals surface area contributed by atoms with Gasteiger partial charge < -0.3 is 14.8 Å². The summed E-state index contributed by atoms with van der Waals surface area (Å²) in [6, 6.07) is 5.53. The Labute approximate surface area is 161 Å². The zero-order chi connectivity index (χ0) is 19.6. The molecule has 26 heavy (non-hydrogen) atoms. The molecule has 0 spiro atoms. The van der Waals surface area contributed by atoms with Gasteiger partial charge in [0, 0.05) is 11.6 Å². The van der Waals surface area contributed by atoms with Crippen molar-refractivity contribution in [1.82, 2.24) is 16.2 Å². The largest absolute Gasteiger partial charge is 0.493 e. The minimum atomic E-state index is -0.315. The summed E-state index contributed by atoms with van der Waals surface area (Å²) < 4.78 is 11.0. The summed E-state index contributed by atoms with van der Waals surface area (Å²) in [5.74, 6) is 1.02. The first-order valence-electron chi connectivity index (χ1n) is 8.62. The quantitative estimate of drug-likeness (QED) is 0.293. The minimum Gasteiger partial charge on any atom is -0.493 e. The smallest absolute Gasteiger partial charge is 0.262 e. The van der Waals surface area contributed by atoms with Crippen molar-refractivity contribution in [1.29, 1.82) is 0 Å². The molecule has 0 unspecified atom stereocenters. The lowest BCUT2D eigenvalue weighted by Gasteiger charge is -2.22. The molecule has 7 heteroatoms. The lowest BCUT2D eigenvalue weighted by molar-refractivity contribution is -0.117. The van der Waals surface area contributed by atoms with Gasteiger partial charge in [-0.05, 0) is 63.2 Å². The van der Waals surface area contributed by atoms with Crippen LogP contribution in [0.25, 0.3) is 6.08 Å². The zero-order valence-corrected chi connectivity index (χ0v) is 17.0. The van der Waals surface area contributed by atoms with Crippen LogP contribution in [0.5, 0.6) is 11.5 Å². The van der Waals surface area contributed by atoms with E-state index in [1.165, 1.54) is 6.08 Å². The Bertz CT molecular complexity index is 639. The number of unbranched alkanes of at least 4 members (excludes halogenated alkanes) is 1. The second-order valence-corrected chi connectivity index (χ2v) is 7.17. The summed E-state index contributed by atoms with van der Waals surface area (Å²) in [5, 5.41) is 3.40. The van der Waals surface area contributed by atoms with Crippen LogP contribution in [0.15, 0.2) is 24.3 Å². The minimum absolute atomic E-state index is 0.178. The maximum atomic E-state index is 11.9. The standard InChI is InChI=1S/C19H29N3O3S/c1-6-7-12-25-15-10-8-14(13-16(15)24-5)9-11-17(23)21-22-18(26)20-19(2,3)4/h8-11,13H,6-7,12H2,1-5H3,(H,21,23)(H2,20,22,26)/b11-9+. The highest BCUT2D eigenvalue weighted by atomic mass is 32.1. The van der Waals surface area contributed by atoms with Crippen LogP contribution >= 0.6 is 12.2 Å². The first-order valence-corrected chi connectivity index (χ1v) is 9.03. The molecule has 1 rings (SSSR count). The van der Waals surface area contributed by atoms with Crippen LogP contribution in [0, 0.1) is 0 Å². The highest BCUT2D eigenvalue weighted by Crippen LogP contribution is 2.28. The number of carbonyl (C=O) groups excluding carboxylic acids is 1. The van der Waals surface area contributed by atoms with Crippen LogP contribution in [0.2, 0.25) is 0 Å². The van der Waals surface area contributed by atoms with Crippen LogP contribution in [0.3, 0.4) is 0 Å². The molecule has 0 aliphatic rings. The van der Waals surface area contributed by atoms with Gasteiger partial charge >= 0.3 is 0 Å². The van der Waals surface area contributed by atoms with Crippen molar-refractivity contribution in [2.75, 3.05) is 13.7 Å². The Morgan fingerprint density at radius 2 is 1.96 bits per heavy atom. The van der Waals surface area contributed by atoms with Crippen LogP contribution in [0.4, 0.5) is 0 Å². The monoisotopic (exact) mass is 379 g/mol. The van der Waals surface area contributed by atoms with E-state index in [1.54, 1.807) is 13.2 Å². The van der Waals surface area contributed by atoms with E-state index < -0.39 is 0 Å². The van der Waals surface area contributed by atoms with Crippen molar-refractivity contribution >= 4 is 29.3 Å². The molecule has 1 aromatic carbocycles. The van der Waals surface area contributed by atoms with Crippen LogP contribution in [0.1, 0.15) is 46.1 Å². The number of thiocarbonyl (C=S) groups is 1. The molecule has 0 aliphatic heterocycles. The number of benzene rings is 1. The number of amides is 1. The predicted molar refractivity (Wildman–Crippen MR) is 109 cm³/mol. The summed E-state index contributed by atoms with van der Waals surface area (Å²) in [6.45, 7) is 8.70. The number of hydrogen-bond donors (Lipinski definition) is 3. The third kappa shape index (κ3) is 8.71. The normalized spacial score (nSPS) is 11.1. The van der Waals surface area contributed by atoms with Gasteiger partial charge in [-0.3, -0.25) is 15.6 Å². The average Bonchev–Trinajstić information content (AvgIpc) is 2.57. The van der Waals surface area contributed by atoms with E-state index in [-0.39, 0.29) is 11.4 Å². The fourth-order valence-electron chi connectivity index (χ4n) is 1.94. The maximum absolute atomic E-state index is 11.9. The van der Waals surface area contributed by atoms with E-state index in [4.69, 9.17) is 21.7 Å². The zero-order valence-electron chi connectivity index (χ0n) is 16.1. The molecule has 0 saturated heterocycles. The topological polar surface area (TPSA) is 71.6 Å². The highest BCUT2D eigenvalue weighted by Gasteiger charge is 2.10. The van der Waals surface area contributed by atoms with Crippen molar-refractivity contribution in [3.05, 3.63) is 29.8 Å². The van der Waals surface area contributed by atoms with Crippen molar-refractivity contribution < 1.29 is 14.3 Å². The number of hydrogen-bond acceptors (Lipinski definition) is 4. The molecule has 1 amide bonds. The van der Waals surface area contributed by atoms with E-state index in [9.17, 15) is 4.79 Å². The second kappa shape index (κ2) is 10.7. The predicted octanol–water partition coefficient (Wildman–Crippen LogP) is 3.18. The maximum Gasteiger partial charge on any atom is 0.262 e. The number of rotatable bonds is 7. The van der Waals surface area contributed by atoms with Gasteiger partial charge in [0.15, 0.2) is 16.6 Å². The lowest BCUT2D eigenvalue weighted by atomic mass is 10.1. The number of nitrogens with one attached hydrogen (secondary N) is 3. The Morgan fingerprint density at radius 3 is 2.58 bits per heavy atom. The molecule has 0 radical (unpaired) electrons. The number of ether oxygens (including phenoxy) is 2. The number of carbonyl (C=O) groups is 1. The van der Waals surface area contributed by atoms with Gasteiger partial charge in [0.1, 0.15) is 0 Å². The third-order valence-corrected chi connectivity index (χ3v) is 3.36. The number of hydrazine groups is 1. The van der Waals surface area contributed by atoms with Crippen molar-refractivity contribution in [3.8, 4) is 11.5 Å². The van der Waals surface area contributed by atoms with E-state index in [1.807, 2.05) is 39.0 Å². The molecule has 6 nitrogen and oxygen atoms in total. The Morgan fingerprint density at radius 1 is 1.23 bits per heavy atom. The molecule has 0 aromatic heterocycles. The van der Waals surface area contributed by atoms with Gasteiger partial charge in [-0.1, -0.05) is 19.4 Å². The van der Waals surface area contributed by atoms with E-state index in [2.05, 4.69) is 23.1 Å². The molecule has 0 saturated carbocycles. The number of methoxy groups -OCH3 is 1. The molecular weight excluding hydrogens is 350 g/mol. The van der Waals surface area contributed by atoms with E-state index in [0.717, 1.165) is 18.4 Å². The summed E-state index contributed by atoms with van der Waals surface area (Å²) in [4.78, 5) is 11.9. The van der Waals surface area contributed by atoms with Crippen LogP contribution in [-0.2, 0) is 4.79 Å². The molecule has 0 atom stereocenters. The summed E-state index contributed by atoms with van der Waals surface area (Å²) >= 11 is 5.10. The van der Waals surface area contributed by atoms with Crippen molar-refractivity contribution in [2.24, 2.45) is 0 Å². The SMILES string of the molecule is CCCCOc1ccc(/C=C/C(=O)NNC(=S)NC(C)(C)C)cc1OC. The van der Waals surface area contributed by atoms with E-state index >= 15 is 0 Å². The van der Waals surface area contributed by atoms with Gasteiger partial charge in [0.2, 0.25) is 0 Å². The fourth-order valence-corrected chi connectivity index (χ4v) is 2.29. The van der Waals surface area contributed by atoms with E-state index in [0.29, 0.717) is 23.2 Å². The van der Waals surface area contributed by atoms with Gasteiger partial charge in [0.05, 0.1) is 13.7 Å². The molecule has 0 fully saturated rings. The highest BCUT2D eigenvalue weighted by molar-refractivity contribution is 7.80. The fraction of sp³-hybridized carbons (Fsp3) is 0.474. The van der Waals surface area contributed by atoms with Gasteiger partial charge in [0.25, 0.3) is 5.91 Å². The Balaban J connectivity index is 2.58. The lowest BCUT2D eigenvalue weighted by Crippen LogP contribution is -2.51. The molecule has 0 aliphatic carbocycles. The van der Waals surface area contributed by atoms with Crippen molar-refractivity contribution in [3.63, 3.8) is 0 Å². The molecule has 0 bridgehead atoms. The summed E-state index contributed by atoms with van der Waals surface area (Å²) in [5.41, 5.74) is 5.83. The Kier molecular flexibility index (Phi) is 8.92. The first-order chi connectivity index (χ1) is 12.2. The summed E-state index contributed by atoms with van der Waals surface area (Å²) in [7, 11) is 1.59. The molecule has 144 valence electrons. The Hall–Kier alpha value is -2.28. The third-order valence-electron chi connectivity index (χ3n) is 3.16. The van der Waals surface area contributed by atoms with Gasteiger partial charge in [-0.15, -0.1) is 0 Å². The second-order valence-electron chi connectivity index (χ2n) is 6.76. The molecular formula is C19H29N3O3S. The van der Waals surface area contributed by atoms with Crippen LogP contribution in [-0.4, -0.2) is 30.3 Å². The molecule has 0 heterocycles. The summed E-state index contributed by atoms with van der Waals surface area (Å²) in [6.07, 6.45) is 5.17. The van der Waals surface area contributed by atoms with Gasteiger partial charge in [-0.25, -0.2) is 0 Å². The molecule has 1 aromatic rings. The molecule has 3 N–H and O–H groups in total. The van der Waals surface area contributed by atoms with Crippen molar-refractivity contribution in [2.45, 2.75) is 46.1 Å². The first kappa shape index (κ1) is 21.8. The van der Waals surface area contributed by atoms with Crippen LogP contribution < -0.4 is 25.6 Å². The van der Waals surface area contributed by atoms with Gasteiger partial charge in [-0.2, -0.15) is 0 Å². The average molecular weight is 380 g/mol.